The Morgan fingerprint density at radius 1 is 1.33 bits per heavy atom. The van der Waals surface area contributed by atoms with E-state index in [9.17, 15) is 0 Å². The van der Waals surface area contributed by atoms with Crippen molar-refractivity contribution in [2.45, 2.75) is 25.3 Å². The number of benzene rings is 1. The van der Waals surface area contributed by atoms with Crippen LogP contribution in [-0.4, -0.2) is 63.2 Å². The van der Waals surface area contributed by atoms with Crippen LogP contribution in [-0.2, 0) is 0 Å². The molecule has 4 nitrogen and oxygen atoms in total. The molecule has 1 saturated heterocycles. The fourth-order valence-electron chi connectivity index (χ4n) is 2.68. The van der Waals surface area contributed by atoms with E-state index < -0.39 is 0 Å². The van der Waals surface area contributed by atoms with Gasteiger partial charge in [-0.05, 0) is 52.7 Å². The van der Waals surface area contributed by atoms with Crippen LogP contribution in [0.2, 0.25) is 0 Å². The second-order valence-electron chi connectivity index (χ2n) is 6.19. The average Bonchev–Trinajstić information content (AvgIpc) is 2.46. The molecule has 1 aromatic rings. The fourth-order valence-corrected chi connectivity index (χ4v) is 2.68. The largest absolute Gasteiger partial charge is 0.492 e. The minimum absolute atomic E-state index is 0.650. The van der Waals surface area contributed by atoms with Crippen LogP contribution in [0.4, 0.5) is 5.69 Å². The summed E-state index contributed by atoms with van der Waals surface area (Å²) in [6.45, 7) is 3.89. The number of nitrogens with one attached hydrogen (secondary N) is 1. The summed E-state index contributed by atoms with van der Waals surface area (Å²) in [4.78, 5) is 4.59. The highest BCUT2D eigenvalue weighted by Crippen LogP contribution is 2.19. The summed E-state index contributed by atoms with van der Waals surface area (Å²) in [6.07, 6.45) is 3.98. The standard InChI is InChI=1S/C17H29N3O/c1-19(2)11-12-21-17-9-6-7-15(13-17)18-14-16-8-4-5-10-20(16)3/h6-7,9,13,16,18H,4-5,8,10-12,14H2,1-3H3. The second-order valence-corrected chi connectivity index (χ2v) is 6.19. The molecule has 1 aliphatic rings. The van der Waals surface area contributed by atoms with Crippen molar-refractivity contribution >= 4 is 5.69 Å². The molecule has 0 saturated carbocycles. The summed E-state index contributed by atoms with van der Waals surface area (Å²) in [5, 5.41) is 3.55. The van der Waals surface area contributed by atoms with Crippen LogP contribution in [0.15, 0.2) is 24.3 Å². The summed E-state index contributed by atoms with van der Waals surface area (Å²) in [5.41, 5.74) is 1.15. The molecule has 1 heterocycles. The third-order valence-electron chi connectivity index (χ3n) is 4.10. The average molecular weight is 291 g/mol. The van der Waals surface area contributed by atoms with E-state index in [1.807, 2.05) is 6.07 Å². The number of hydrogen-bond donors (Lipinski definition) is 1. The van der Waals surface area contributed by atoms with Crippen molar-refractivity contribution in [2.24, 2.45) is 0 Å². The molecule has 0 aromatic heterocycles. The smallest absolute Gasteiger partial charge is 0.121 e. The molecule has 1 aromatic carbocycles. The van der Waals surface area contributed by atoms with Crippen LogP contribution >= 0.6 is 0 Å². The van der Waals surface area contributed by atoms with Gasteiger partial charge >= 0.3 is 0 Å². The number of nitrogens with zero attached hydrogens (tertiary/aromatic N) is 2. The van der Waals surface area contributed by atoms with Crippen LogP contribution in [0.3, 0.4) is 0 Å². The van der Waals surface area contributed by atoms with Gasteiger partial charge in [-0.2, -0.15) is 0 Å². The first-order valence-corrected chi connectivity index (χ1v) is 7.97. The Balaban J connectivity index is 1.80. The Bertz CT molecular complexity index is 422. The zero-order valence-electron chi connectivity index (χ0n) is 13.6. The van der Waals surface area contributed by atoms with Crippen molar-refractivity contribution in [3.63, 3.8) is 0 Å². The number of ether oxygens (including phenoxy) is 1. The lowest BCUT2D eigenvalue weighted by Crippen LogP contribution is -2.40. The third-order valence-corrected chi connectivity index (χ3v) is 4.10. The van der Waals surface area contributed by atoms with Crippen molar-refractivity contribution in [1.82, 2.24) is 9.80 Å². The predicted octanol–water partition coefficient (Wildman–Crippen LogP) is 2.52. The summed E-state index contributed by atoms with van der Waals surface area (Å²) in [5.74, 6) is 0.943. The minimum atomic E-state index is 0.650. The van der Waals surface area contributed by atoms with E-state index in [0.717, 1.165) is 31.1 Å². The van der Waals surface area contributed by atoms with Gasteiger partial charge in [0.15, 0.2) is 0 Å². The lowest BCUT2D eigenvalue weighted by Gasteiger charge is -2.32. The maximum absolute atomic E-state index is 5.78. The highest BCUT2D eigenvalue weighted by atomic mass is 16.5. The molecule has 118 valence electrons. The van der Waals surface area contributed by atoms with Gasteiger partial charge < -0.3 is 19.9 Å². The Hall–Kier alpha value is -1.26. The lowest BCUT2D eigenvalue weighted by molar-refractivity contribution is 0.194. The van der Waals surface area contributed by atoms with E-state index in [1.54, 1.807) is 0 Å². The van der Waals surface area contributed by atoms with Gasteiger partial charge in [0, 0.05) is 30.9 Å². The van der Waals surface area contributed by atoms with Gasteiger partial charge in [-0.1, -0.05) is 12.5 Å². The molecule has 4 heteroatoms. The van der Waals surface area contributed by atoms with E-state index in [2.05, 4.69) is 54.5 Å². The highest BCUT2D eigenvalue weighted by Gasteiger charge is 2.18. The molecule has 1 fully saturated rings. The van der Waals surface area contributed by atoms with Gasteiger partial charge in [-0.3, -0.25) is 0 Å². The van der Waals surface area contributed by atoms with Crippen LogP contribution in [0, 0.1) is 0 Å². The summed E-state index contributed by atoms with van der Waals surface area (Å²) >= 11 is 0. The lowest BCUT2D eigenvalue weighted by atomic mass is 10.0. The molecule has 0 aliphatic carbocycles. The number of hydrogen-bond acceptors (Lipinski definition) is 4. The number of likely N-dealkylation sites (tertiary alicyclic amines) is 1. The number of piperidine rings is 1. The third kappa shape index (κ3) is 5.56. The molecule has 0 radical (unpaired) electrons. The molecule has 2 rings (SSSR count). The Kier molecular flexibility index (Phi) is 6.33. The maximum Gasteiger partial charge on any atom is 0.121 e. The van der Waals surface area contributed by atoms with Gasteiger partial charge in [-0.25, -0.2) is 0 Å². The Morgan fingerprint density at radius 2 is 2.19 bits per heavy atom. The zero-order valence-corrected chi connectivity index (χ0v) is 13.6. The number of rotatable bonds is 7. The topological polar surface area (TPSA) is 27.7 Å². The molecular formula is C17H29N3O. The van der Waals surface area contributed by atoms with Crippen molar-refractivity contribution in [2.75, 3.05) is 52.7 Å². The zero-order chi connectivity index (χ0) is 15.1. The monoisotopic (exact) mass is 291 g/mol. The molecule has 0 bridgehead atoms. The van der Waals surface area contributed by atoms with Crippen molar-refractivity contribution in [1.29, 1.82) is 0 Å². The summed E-state index contributed by atoms with van der Waals surface area (Å²) < 4.78 is 5.78. The van der Waals surface area contributed by atoms with E-state index >= 15 is 0 Å². The molecule has 0 amide bonds. The van der Waals surface area contributed by atoms with Crippen molar-refractivity contribution in [3.8, 4) is 5.75 Å². The van der Waals surface area contributed by atoms with Gasteiger partial charge in [-0.15, -0.1) is 0 Å². The molecule has 1 unspecified atom stereocenters. The Morgan fingerprint density at radius 3 is 2.95 bits per heavy atom. The van der Waals surface area contributed by atoms with E-state index in [4.69, 9.17) is 4.74 Å². The number of likely N-dealkylation sites (N-methyl/N-ethyl adjacent to an activating group) is 2. The fraction of sp³-hybridized carbons (Fsp3) is 0.647. The van der Waals surface area contributed by atoms with Crippen LogP contribution in [0.5, 0.6) is 5.75 Å². The van der Waals surface area contributed by atoms with Crippen LogP contribution in [0.25, 0.3) is 0 Å². The molecular weight excluding hydrogens is 262 g/mol. The van der Waals surface area contributed by atoms with Gasteiger partial charge in [0.1, 0.15) is 12.4 Å². The predicted molar refractivity (Wildman–Crippen MR) is 89.2 cm³/mol. The van der Waals surface area contributed by atoms with E-state index in [-0.39, 0.29) is 0 Å². The quantitative estimate of drug-likeness (QED) is 0.835. The van der Waals surface area contributed by atoms with Gasteiger partial charge in [0.25, 0.3) is 0 Å². The molecule has 1 N–H and O–H groups in total. The normalized spacial score (nSPS) is 19.7. The number of anilines is 1. The van der Waals surface area contributed by atoms with Gasteiger partial charge in [0.2, 0.25) is 0 Å². The van der Waals surface area contributed by atoms with Gasteiger partial charge in [0.05, 0.1) is 0 Å². The minimum Gasteiger partial charge on any atom is -0.492 e. The molecule has 21 heavy (non-hydrogen) atoms. The first-order chi connectivity index (χ1) is 10.1. The Labute approximate surface area is 129 Å². The van der Waals surface area contributed by atoms with E-state index in [1.165, 1.54) is 25.8 Å². The van der Waals surface area contributed by atoms with Crippen molar-refractivity contribution in [3.05, 3.63) is 24.3 Å². The maximum atomic E-state index is 5.78. The van der Waals surface area contributed by atoms with Crippen molar-refractivity contribution < 1.29 is 4.74 Å². The summed E-state index contributed by atoms with van der Waals surface area (Å²) in [7, 11) is 6.34. The van der Waals surface area contributed by atoms with E-state index in [0.29, 0.717) is 6.04 Å². The summed E-state index contributed by atoms with van der Waals surface area (Å²) in [6, 6.07) is 8.93. The highest BCUT2D eigenvalue weighted by molar-refractivity contribution is 5.48. The first kappa shape index (κ1) is 16.1. The van der Waals surface area contributed by atoms with Crippen LogP contribution in [0.1, 0.15) is 19.3 Å². The van der Waals surface area contributed by atoms with Crippen LogP contribution < -0.4 is 10.1 Å². The first-order valence-electron chi connectivity index (χ1n) is 7.97. The molecule has 1 aliphatic heterocycles. The molecule has 1 atom stereocenters. The SMILES string of the molecule is CN(C)CCOc1cccc(NCC2CCCCN2C)c1. The molecule has 0 spiro atoms. The second kappa shape index (κ2) is 8.25.